The van der Waals surface area contributed by atoms with Crippen LogP contribution in [-0.4, -0.2) is 41.5 Å². The van der Waals surface area contributed by atoms with Crippen molar-refractivity contribution < 1.29 is 9.53 Å². The van der Waals surface area contributed by atoms with Crippen molar-refractivity contribution in [2.45, 2.75) is 25.5 Å². The highest BCUT2D eigenvalue weighted by atomic mass is 32.2. The van der Waals surface area contributed by atoms with E-state index in [2.05, 4.69) is 6.92 Å². The van der Waals surface area contributed by atoms with Gasteiger partial charge in [-0.15, -0.1) is 0 Å². The van der Waals surface area contributed by atoms with E-state index < -0.39 is 0 Å². The normalized spacial score (nSPS) is 18.9. The zero-order valence-corrected chi connectivity index (χ0v) is 12.9. The SMILES string of the molecule is CCOc1cc(N)cc(C(=O)N2CCSC(CC)C2)c1. The van der Waals surface area contributed by atoms with Crippen LogP contribution >= 0.6 is 11.8 Å². The number of nitrogens with two attached hydrogens (primary N) is 1. The van der Waals surface area contributed by atoms with Crippen molar-refractivity contribution in [1.82, 2.24) is 4.90 Å². The summed E-state index contributed by atoms with van der Waals surface area (Å²) in [5.74, 6) is 1.72. The summed E-state index contributed by atoms with van der Waals surface area (Å²) in [5.41, 5.74) is 7.04. The molecule has 2 rings (SSSR count). The predicted octanol–water partition coefficient (Wildman–Crippen LogP) is 2.64. The molecule has 4 nitrogen and oxygen atoms in total. The largest absolute Gasteiger partial charge is 0.494 e. The van der Waals surface area contributed by atoms with E-state index in [1.54, 1.807) is 18.2 Å². The van der Waals surface area contributed by atoms with Gasteiger partial charge in [-0.3, -0.25) is 4.79 Å². The Balaban J connectivity index is 2.15. The Kier molecular flexibility index (Phi) is 5.17. The van der Waals surface area contributed by atoms with Gasteiger partial charge in [0.1, 0.15) is 5.75 Å². The number of nitrogen functional groups attached to an aromatic ring is 1. The number of ether oxygens (including phenoxy) is 1. The van der Waals surface area contributed by atoms with Gasteiger partial charge < -0.3 is 15.4 Å². The second kappa shape index (κ2) is 6.88. The molecule has 1 fully saturated rings. The summed E-state index contributed by atoms with van der Waals surface area (Å²) in [5, 5.41) is 0.542. The third-order valence-electron chi connectivity index (χ3n) is 3.37. The highest BCUT2D eigenvalue weighted by Gasteiger charge is 2.24. The van der Waals surface area contributed by atoms with Crippen LogP contribution in [0.4, 0.5) is 5.69 Å². The van der Waals surface area contributed by atoms with E-state index in [4.69, 9.17) is 10.5 Å². The smallest absolute Gasteiger partial charge is 0.254 e. The number of nitrogens with zero attached hydrogens (tertiary/aromatic N) is 1. The maximum absolute atomic E-state index is 12.6. The minimum absolute atomic E-state index is 0.0528. The van der Waals surface area contributed by atoms with Gasteiger partial charge in [0, 0.05) is 41.4 Å². The molecule has 1 aromatic carbocycles. The number of hydrogen-bond acceptors (Lipinski definition) is 4. The number of anilines is 1. The van der Waals surface area contributed by atoms with E-state index >= 15 is 0 Å². The van der Waals surface area contributed by atoms with E-state index in [1.807, 2.05) is 23.6 Å². The second-order valence-corrected chi connectivity index (χ2v) is 6.28. The molecule has 1 heterocycles. The summed E-state index contributed by atoms with van der Waals surface area (Å²) in [7, 11) is 0. The second-order valence-electron chi connectivity index (χ2n) is 4.88. The van der Waals surface area contributed by atoms with Crippen molar-refractivity contribution in [1.29, 1.82) is 0 Å². The van der Waals surface area contributed by atoms with Gasteiger partial charge in [0.05, 0.1) is 6.61 Å². The van der Waals surface area contributed by atoms with Gasteiger partial charge in [-0.2, -0.15) is 11.8 Å². The van der Waals surface area contributed by atoms with E-state index in [-0.39, 0.29) is 5.91 Å². The van der Waals surface area contributed by atoms with E-state index in [0.29, 0.717) is 28.9 Å². The average Bonchev–Trinajstić information content (AvgIpc) is 2.46. The Hall–Kier alpha value is -1.36. The first-order chi connectivity index (χ1) is 9.63. The zero-order valence-electron chi connectivity index (χ0n) is 12.1. The van der Waals surface area contributed by atoms with Crippen LogP contribution in [0.15, 0.2) is 18.2 Å². The minimum atomic E-state index is 0.0528. The highest BCUT2D eigenvalue weighted by molar-refractivity contribution is 8.00. The van der Waals surface area contributed by atoms with E-state index in [1.165, 1.54) is 0 Å². The fourth-order valence-electron chi connectivity index (χ4n) is 2.33. The molecule has 0 aromatic heterocycles. The van der Waals surface area contributed by atoms with Gasteiger partial charge in [-0.1, -0.05) is 6.92 Å². The molecular weight excluding hydrogens is 272 g/mol. The Labute approximate surface area is 124 Å². The fraction of sp³-hybridized carbons (Fsp3) is 0.533. The maximum atomic E-state index is 12.6. The molecule has 0 radical (unpaired) electrons. The van der Waals surface area contributed by atoms with Crippen LogP contribution in [0.3, 0.4) is 0 Å². The molecule has 20 heavy (non-hydrogen) atoms. The molecule has 5 heteroatoms. The predicted molar refractivity (Wildman–Crippen MR) is 84.5 cm³/mol. The molecule has 1 amide bonds. The summed E-state index contributed by atoms with van der Waals surface area (Å²) in [4.78, 5) is 14.5. The number of benzene rings is 1. The van der Waals surface area contributed by atoms with Crippen molar-refractivity contribution in [3.8, 4) is 5.75 Å². The van der Waals surface area contributed by atoms with Crippen LogP contribution in [0.1, 0.15) is 30.6 Å². The molecule has 0 aliphatic carbocycles. The molecule has 110 valence electrons. The van der Waals surface area contributed by atoms with Crippen molar-refractivity contribution in [2.24, 2.45) is 0 Å². The van der Waals surface area contributed by atoms with Gasteiger partial charge >= 0.3 is 0 Å². The Morgan fingerprint density at radius 1 is 1.45 bits per heavy atom. The first kappa shape index (κ1) is 15.0. The summed E-state index contributed by atoms with van der Waals surface area (Å²) in [6.45, 7) is 6.27. The summed E-state index contributed by atoms with van der Waals surface area (Å²) in [6.07, 6.45) is 1.09. The van der Waals surface area contributed by atoms with Crippen molar-refractivity contribution >= 4 is 23.4 Å². The van der Waals surface area contributed by atoms with Crippen molar-refractivity contribution in [3.63, 3.8) is 0 Å². The maximum Gasteiger partial charge on any atom is 0.254 e. The fourth-order valence-corrected chi connectivity index (χ4v) is 3.51. The Bertz CT molecular complexity index is 479. The molecule has 1 saturated heterocycles. The zero-order chi connectivity index (χ0) is 14.5. The van der Waals surface area contributed by atoms with Crippen LogP contribution in [0.5, 0.6) is 5.75 Å². The molecule has 2 N–H and O–H groups in total. The van der Waals surface area contributed by atoms with Crippen LogP contribution < -0.4 is 10.5 Å². The third kappa shape index (κ3) is 3.60. The monoisotopic (exact) mass is 294 g/mol. The number of carbonyl (C=O) groups is 1. The van der Waals surface area contributed by atoms with Crippen LogP contribution in [0.2, 0.25) is 0 Å². The Morgan fingerprint density at radius 2 is 2.25 bits per heavy atom. The highest BCUT2D eigenvalue weighted by Crippen LogP contribution is 2.25. The molecule has 1 aliphatic heterocycles. The van der Waals surface area contributed by atoms with Gasteiger partial charge in [-0.25, -0.2) is 0 Å². The van der Waals surface area contributed by atoms with E-state index in [9.17, 15) is 4.79 Å². The van der Waals surface area contributed by atoms with Crippen molar-refractivity contribution in [2.75, 3.05) is 31.2 Å². The molecule has 1 aliphatic rings. The quantitative estimate of drug-likeness (QED) is 0.867. The lowest BCUT2D eigenvalue weighted by molar-refractivity contribution is 0.0760. The molecule has 0 spiro atoms. The first-order valence-electron chi connectivity index (χ1n) is 7.08. The molecule has 1 atom stereocenters. The van der Waals surface area contributed by atoms with Crippen LogP contribution in [-0.2, 0) is 0 Å². The summed E-state index contributed by atoms with van der Waals surface area (Å²) in [6, 6.07) is 5.26. The number of thioether (sulfide) groups is 1. The molecule has 1 unspecified atom stereocenters. The molecule has 0 bridgehead atoms. The minimum Gasteiger partial charge on any atom is -0.494 e. The molecule has 1 aromatic rings. The van der Waals surface area contributed by atoms with Gasteiger partial charge in [0.2, 0.25) is 0 Å². The summed E-state index contributed by atoms with van der Waals surface area (Å²) >= 11 is 1.95. The average molecular weight is 294 g/mol. The van der Waals surface area contributed by atoms with Crippen LogP contribution in [0.25, 0.3) is 0 Å². The van der Waals surface area contributed by atoms with Crippen molar-refractivity contribution in [3.05, 3.63) is 23.8 Å². The van der Waals surface area contributed by atoms with Gasteiger partial charge in [-0.05, 0) is 25.5 Å². The van der Waals surface area contributed by atoms with Crippen LogP contribution in [0, 0.1) is 0 Å². The number of hydrogen-bond donors (Lipinski definition) is 1. The number of rotatable bonds is 4. The number of amides is 1. The summed E-state index contributed by atoms with van der Waals surface area (Å²) < 4.78 is 5.45. The van der Waals surface area contributed by atoms with Gasteiger partial charge in [0.15, 0.2) is 0 Å². The van der Waals surface area contributed by atoms with E-state index in [0.717, 1.165) is 25.3 Å². The van der Waals surface area contributed by atoms with Gasteiger partial charge in [0.25, 0.3) is 5.91 Å². The lowest BCUT2D eigenvalue weighted by Gasteiger charge is -2.32. The first-order valence-corrected chi connectivity index (χ1v) is 8.13. The third-order valence-corrected chi connectivity index (χ3v) is 4.74. The standard InChI is InChI=1S/C15H22N2O2S/c1-3-14-10-17(5-6-20-14)15(18)11-7-12(16)9-13(8-11)19-4-2/h7-9,14H,3-6,10,16H2,1-2H3. The molecular formula is C15H22N2O2S. The number of carbonyl (C=O) groups excluding carboxylic acids is 1. The molecule has 0 saturated carbocycles. The lowest BCUT2D eigenvalue weighted by atomic mass is 10.1. The lowest BCUT2D eigenvalue weighted by Crippen LogP contribution is -2.41. The Morgan fingerprint density at radius 3 is 2.95 bits per heavy atom. The topological polar surface area (TPSA) is 55.6 Å².